The first kappa shape index (κ1) is 14.0. The van der Waals surface area contributed by atoms with E-state index < -0.39 is 17.9 Å². The highest BCUT2D eigenvalue weighted by Crippen LogP contribution is 2.17. The van der Waals surface area contributed by atoms with E-state index in [0.717, 1.165) is 31.9 Å². The first-order valence-corrected chi connectivity index (χ1v) is 5.94. The van der Waals surface area contributed by atoms with Crippen LogP contribution in [-0.2, 0) is 9.59 Å². The minimum Gasteiger partial charge on any atom is -0.480 e. The van der Waals surface area contributed by atoms with Gasteiger partial charge in [0.2, 0.25) is 0 Å². The molecule has 1 fully saturated rings. The summed E-state index contributed by atoms with van der Waals surface area (Å²) in [5.74, 6) is -1.49. The van der Waals surface area contributed by atoms with Crippen molar-refractivity contribution in [3.8, 4) is 6.07 Å². The number of carbonyl (C=O) groups is 2. The van der Waals surface area contributed by atoms with Crippen molar-refractivity contribution in [1.82, 2.24) is 10.6 Å². The second-order valence-electron chi connectivity index (χ2n) is 4.35. The van der Waals surface area contributed by atoms with E-state index in [0.29, 0.717) is 0 Å². The van der Waals surface area contributed by atoms with Crippen molar-refractivity contribution in [2.24, 2.45) is 0 Å². The number of nitrogens with zero attached hydrogens (tertiary/aromatic N) is 1. The fourth-order valence-electron chi connectivity index (χ4n) is 1.76. The highest BCUT2D eigenvalue weighted by Gasteiger charge is 2.19. The Kier molecular flexibility index (Phi) is 5.18. The summed E-state index contributed by atoms with van der Waals surface area (Å²) in [6.07, 6.45) is 5.20. The van der Waals surface area contributed by atoms with Crippen LogP contribution in [0.3, 0.4) is 0 Å². The minimum absolute atomic E-state index is 0.102. The lowest BCUT2D eigenvalue weighted by molar-refractivity contribution is -0.138. The number of hydrogen-bond donors (Lipinski definition) is 3. The third-order valence-corrected chi connectivity index (χ3v) is 2.90. The molecule has 1 rings (SSSR count). The van der Waals surface area contributed by atoms with Crippen molar-refractivity contribution in [2.45, 2.75) is 44.7 Å². The summed E-state index contributed by atoms with van der Waals surface area (Å²) in [6.45, 7) is 1.43. The van der Waals surface area contributed by atoms with Crippen LogP contribution >= 0.6 is 0 Å². The average molecular weight is 251 g/mol. The average Bonchev–Trinajstić information content (AvgIpc) is 2.82. The first-order chi connectivity index (χ1) is 8.54. The number of carboxylic acid groups (broad SMARTS) is 1. The molecule has 0 bridgehead atoms. The summed E-state index contributed by atoms with van der Waals surface area (Å²) in [5.41, 5.74) is -0.102. The van der Waals surface area contributed by atoms with Crippen molar-refractivity contribution in [3.63, 3.8) is 0 Å². The van der Waals surface area contributed by atoms with E-state index in [1.807, 2.05) is 0 Å². The summed E-state index contributed by atoms with van der Waals surface area (Å²) in [5, 5.41) is 22.8. The van der Waals surface area contributed by atoms with Gasteiger partial charge in [0.15, 0.2) is 0 Å². The fourth-order valence-corrected chi connectivity index (χ4v) is 1.76. The predicted molar refractivity (Wildman–Crippen MR) is 64.3 cm³/mol. The molecule has 1 amide bonds. The lowest BCUT2D eigenvalue weighted by Gasteiger charge is -2.11. The molecule has 1 aliphatic rings. The van der Waals surface area contributed by atoms with Crippen LogP contribution in [0.4, 0.5) is 0 Å². The van der Waals surface area contributed by atoms with Gasteiger partial charge in [-0.1, -0.05) is 12.8 Å². The van der Waals surface area contributed by atoms with Crippen LogP contribution in [0.5, 0.6) is 0 Å². The topological polar surface area (TPSA) is 102 Å². The van der Waals surface area contributed by atoms with Gasteiger partial charge in [-0.3, -0.25) is 9.59 Å². The van der Waals surface area contributed by atoms with Crippen LogP contribution in [0.25, 0.3) is 0 Å². The Balaban J connectivity index is 2.53. The number of hydrogen-bond acceptors (Lipinski definition) is 4. The van der Waals surface area contributed by atoms with Crippen molar-refractivity contribution >= 4 is 11.9 Å². The molecule has 0 aliphatic heterocycles. The Bertz CT molecular complexity index is 392. The third-order valence-electron chi connectivity index (χ3n) is 2.90. The normalized spacial score (nSPS) is 17.9. The Hall–Kier alpha value is -2.03. The quantitative estimate of drug-likeness (QED) is 0.488. The lowest BCUT2D eigenvalue weighted by Crippen LogP contribution is -2.35. The Morgan fingerprint density at radius 1 is 1.44 bits per heavy atom. The standard InChI is InChI=1S/C12H17N3O3/c1-8(12(17)18)14-7-9(6-13)11(16)15-10-4-2-3-5-10/h7-8,10,14H,2-5H2,1H3,(H,15,16)(H,17,18)/b9-7-. The summed E-state index contributed by atoms with van der Waals surface area (Å²) in [7, 11) is 0. The number of carboxylic acids is 1. The molecular formula is C12H17N3O3. The second-order valence-corrected chi connectivity index (χ2v) is 4.35. The molecule has 1 unspecified atom stereocenters. The van der Waals surface area contributed by atoms with Gasteiger partial charge in [0.05, 0.1) is 0 Å². The van der Waals surface area contributed by atoms with Gasteiger partial charge >= 0.3 is 5.97 Å². The zero-order valence-corrected chi connectivity index (χ0v) is 10.3. The van der Waals surface area contributed by atoms with Gasteiger partial charge in [-0.05, 0) is 19.8 Å². The second kappa shape index (κ2) is 6.64. The summed E-state index contributed by atoms with van der Waals surface area (Å²) < 4.78 is 0. The van der Waals surface area contributed by atoms with Crippen molar-refractivity contribution in [1.29, 1.82) is 5.26 Å². The molecule has 6 nitrogen and oxygen atoms in total. The van der Waals surface area contributed by atoms with E-state index in [2.05, 4.69) is 10.6 Å². The molecule has 0 saturated heterocycles. The fraction of sp³-hybridized carbons (Fsp3) is 0.583. The molecular weight excluding hydrogens is 234 g/mol. The smallest absolute Gasteiger partial charge is 0.325 e. The maximum atomic E-state index is 11.7. The van der Waals surface area contributed by atoms with E-state index in [9.17, 15) is 9.59 Å². The molecule has 6 heteroatoms. The Morgan fingerprint density at radius 2 is 2.06 bits per heavy atom. The highest BCUT2D eigenvalue weighted by molar-refractivity contribution is 5.97. The number of aliphatic carboxylic acids is 1. The minimum atomic E-state index is -1.04. The van der Waals surface area contributed by atoms with Crippen LogP contribution < -0.4 is 10.6 Å². The predicted octanol–water partition coefficient (Wildman–Crippen LogP) is 0.515. The van der Waals surface area contributed by atoms with E-state index >= 15 is 0 Å². The van der Waals surface area contributed by atoms with Crippen LogP contribution in [0.1, 0.15) is 32.6 Å². The molecule has 0 spiro atoms. The van der Waals surface area contributed by atoms with Gasteiger partial charge < -0.3 is 15.7 Å². The van der Waals surface area contributed by atoms with E-state index in [1.54, 1.807) is 6.07 Å². The van der Waals surface area contributed by atoms with Crippen LogP contribution in [0, 0.1) is 11.3 Å². The number of amides is 1. The zero-order chi connectivity index (χ0) is 13.5. The summed E-state index contributed by atoms with van der Waals surface area (Å²) in [6, 6.07) is 1.05. The number of rotatable bonds is 5. The molecule has 0 aromatic heterocycles. The van der Waals surface area contributed by atoms with Crippen LogP contribution in [0.2, 0.25) is 0 Å². The van der Waals surface area contributed by atoms with Crippen molar-refractivity contribution in [3.05, 3.63) is 11.8 Å². The third kappa shape index (κ3) is 4.09. The Morgan fingerprint density at radius 3 is 2.56 bits per heavy atom. The maximum absolute atomic E-state index is 11.7. The monoisotopic (exact) mass is 251 g/mol. The molecule has 1 atom stereocenters. The molecule has 3 N–H and O–H groups in total. The molecule has 0 heterocycles. The molecule has 0 aromatic carbocycles. The zero-order valence-electron chi connectivity index (χ0n) is 10.3. The van der Waals surface area contributed by atoms with E-state index in [-0.39, 0.29) is 11.6 Å². The van der Waals surface area contributed by atoms with Gasteiger partial charge in [0.1, 0.15) is 17.7 Å². The van der Waals surface area contributed by atoms with Crippen LogP contribution in [-0.4, -0.2) is 29.1 Å². The van der Waals surface area contributed by atoms with Gasteiger partial charge in [-0.15, -0.1) is 0 Å². The summed E-state index contributed by atoms with van der Waals surface area (Å²) >= 11 is 0. The first-order valence-electron chi connectivity index (χ1n) is 5.94. The molecule has 1 aliphatic carbocycles. The molecule has 0 radical (unpaired) electrons. The molecule has 18 heavy (non-hydrogen) atoms. The highest BCUT2D eigenvalue weighted by atomic mass is 16.4. The van der Waals surface area contributed by atoms with Crippen LogP contribution in [0.15, 0.2) is 11.8 Å². The van der Waals surface area contributed by atoms with Crippen molar-refractivity contribution < 1.29 is 14.7 Å². The number of nitrogens with one attached hydrogen (secondary N) is 2. The van der Waals surface area contributed by atoms with Gasteiger partial charge in [-0.25, -0.2) is 0 Å². The molecule has 0 aromatic rings. The van der Waals surface area contributed by atoms with E-state index in [4.69, 9.17) is 10.4 Å². The lowest BCUT2D eigenvalue weighted by atomic mass is 10.2. The van der Waals surface area contributed by atoms with E-state index in [1.165, 1.54) is 6.92 Å². The summed E-state index contributed by atoms with van der Waals surface area (Å²) in [4.78, 5) is 22.3. The van der Waals surface area contributed by atoms with Crippen molar-refractivity contribution in [2.75, 3.05) is 0 Å². The largest absolute Gasteiger partial charge is 0.480 e. The molecule has 98 valence electrons. The maximum Gasteiger partial charge on any atom is 0.325 e. The Labute approximate surface area is 106 Å². The molecule has 1 saturated carbocycles. The number of nitriles is 1. The SMILES string of the molecule is CC(N/C=C(/C#N)C(=O)NC1CCCC1)C(=O)O. The van der Waals surface area contributed by atoms with Gasteiger partial charge in [-0.2, -0.15) is 5.26 Å². The van der Waals surface area contributed by atoms with Gasteiger partial charge in [0, 0.05) is 12.2 Å². The number of carbonyl (C=O) groups excluding carboxylic acids is 1. The van der Waals surface area contributed by atoms with Gasteiger partial charge in [0.25, 0.3) is 5.91 Å².